The number of amides is 1. The zero-order valence-corrected chi connectivity index (χ0v) is 15.7. The molecule has 7 heteroatoms. The molecule has 1 amide bonds. The molecule has 3 heterocycles. The van der Waals surface area contributed by atoms with Crippen molar-refractivity contribution in [3.63, 3.8) is 0 Å². The molecule has 1 saturated heterocycles. The Balaban J connectivity index is 1.31. The third kappa shape index (κ3) is 3.94. The van der Waals surface area contributed by atoms with Crippen molar-refractivity contribution in [2.24, 2.45) is 5.92 Å². The van der Waals surface area contributed by atoms with Gasteiger partial charge >= 0.3 is 0 Å². The summed E-state index contributed by atoms with van der Waals surface area (Å²) in [6.45, 7) is 4.72. The smallest absolute Gasteiger partial charge is 0.251 e. The van der Waals surface area contributed by atoms with E-state index >= 15 is 0 Å². The van der Waals surface area contributed by atoms with E-state index in [2.05, 4.69) is 26.8 Å². The normalized spacial score (nSPS) is 17.0. The predicted molar refractivity (Wildman–Crippen MR) is 103 cm³/mol. The van der Waals surface area contributed by atoms with Crippen molar-refractivity contribution in [1.82, 2.24) is 25.2 Å². The molecular weight excluding hydrogens is 346 g/mol. The van der Waals surface area contributed by atoms with Crippen molar-refractivity contribution in [3.8, 4) is 0 Å². The molecule has 3 aromatic rings. The Morgan fingerprint density at radius 2 is 2.38 bits per heavy atom. The van der Waals surface area contributed by atoms with Crippen LogP contribution in [-0.4, -0.2) is 40.1 Å². The molecule has 6 nitrogen and oxygen atoms in total. The fourth-order valence-electron chi connectivity index (χ4n) is 3.43. The minimum absolute atomic E-state index is 0.0219. The standard InChI is InChI=1S/C19H23N5OS/c1-13-23-24-12-17(22-19(24)26-13)6-8-21-18(25)16-4-2-3-14(10-16)9-15-5-7-20-11-15/h2-4,10,12,15,20H,5-9,11H2,1H3,(H,21,25). The second-order valence-corrected chi connectivity index (χ2v) is 8.01. The van der Waals surface area contributed by atoms with E-state index in [0.717, 1.165) is 40.7 Å². The van der Waals surface area contributed by atoms with Gasteiger partial charge in [-0.05, 0) is 56.5 Å². The number of nitrogens with zero attached hydrogens (tertiary/aromatic N) is 3. The number of aryl methyl sites for hydroxylation is 1. The zero-order valence-electron chi connectivity index (χ0n) is 14.9. The second-order valence-electron chi connectivity index (χ2n) is 6.85. The lowest BCUT2D eigenvalue weighted by Gasteiger charge is -2.10. The fourth-order valence-corrected chi connectivity index (χ4v) is 4.18. The average Bonchev–Trinajstić information content (AvgIpc) is 3.32. The summed E-state index contributed by atoms with van der Waals surface area (Å²) in [6.07, 6.45) is 4.88. The SMILES string of the molecule is Cc1nn2cc(CCNC(=O)c3cccc(CC4CCNC4)c3)nc2s1. The Hall–Kier alpha value is -2.25. The summed E-state index contributed by atoms with van der Waals surface area (Å²) >= 11 is 1.57. The quantitative estimate of drug-likeness (QED) is 0.699. The fraction of sp³-hybridized carbons (Fsp3) is 0.421. The van der Waals surface area contributed by atoms with E-state index < -0.39 is 0 Å². The molecule has 1 aliphatic heterocycles. The zero-order chi connectivity index (χ0) is 17.9. The van der Waals surface area contributed by atoms with E-state index in [-0.39, 0.29) is 5.91 Å². The van der Waals surface area contributed by atoms with Gasteiger partial charge in [-0.2, -0.15) is 5.10 Å². The number of fused-ring (bicyclic) bond motifs is 1. The molecule has 2 N–H and O–H groups in total. The van der Waals surface area contributed by atoms with Crippen LogP contribution < -0.4 is 10.6 Å². The van der Waals surface area contributed by atoms with E-state index in [1.54, 1.807) is 15.9 Å². The molecule has 1 unspecified atom stereocenters. The van der Waals surface area contributed by atoms with Crippen LogP contribution in [0.1, 0.15) is 33.0 Å². The van der Waals surface area contributed by atoms with E-state index in [9.17, 15) is 4.79 Å². The summed E-state index contributed by atoms with van der Waals surface area (Å²) in [5.41, 5.74) is 2.92. The van der Waals surface area contributed by atoms with Gasteiger partial charge in [0.05, 0.1) is 11.9 Å². The Bertz CT molecular complexity index is 878. The minimum atomic E-state index is -0.0219. The van der Waals surface area contributed by atoms with Crippen LogP contribution in [0.5, 0.6) is 0 Å². The Labute approximate surface area is 156 Å². The van der Waals surface area contributed by atoms with Crippen LogP contribution in [0.3, 0.4) is 0 Å². The van der Waals surface area contributed by atoms with Crippen molar-refractivity contribution in [3.05, 3.63) is 52.3 Å². The van der Waals surface area contributed by atoms with Gasteiger partial charge in [0.1, 0.15) is 5.01 Å². The van der Waals surface area contributed by atoms with Gasteiger partial charge in [-0.15, -0.1) is 0 Å². The highest BCUT2D eigenvalue weighted by Crippen LogP contribution is 2.16. The van der Waals surface area contributed by atoms with E-state index in [1.807, 2.05) is 31.3 Å². The van der Waals surface area contributed by atoms with Gasteiger partial charge in [-0.25, -0.2) is 9.50 Å². The summed E-state index contributed by atoms with van der Waals surface area (Å²) in [7, 11) is 0. The predicted octanol–water partition coefficient (Wildman–Crippen LogP) is 2.22. The van der Waals surface area contributed by atoms with Crippen molar-refractivity contribution >= 4 is 22.2 Å². The third-order valence-corrected chi connectivity index (χ3v) is 5.57. The van der Waals surface area contributed by atoms with Crippen molar-refractivity contribution in [2.45, 2.75) is 26.2 Å². The molecule has 1 aliphatic rings. The largest absolute Gasteiger partial charge is 0.352 e. The first-order chi connectivity index (χ1) is 12.7. The maximum atomic E-state index is 12.4. The lowest BCUT2D eigenvalue weighted by molar-refractivity contribution is 0.0954. The molecule has 2 aromatic heterocycles. The van der Waals surface area contributed by atoms with E-state index in [0.29, 0.717) is 18.9 Å². The maximum Gasteiger partial charge on any atom is 0.251 e. The Kier molecular flexibility index (Phi) is 4.99. The van der Waals surface area contributed by atoms with Gasteiger partial charge < -0.3 is 10.6 Å². The third-order valence-electron chi connectivity index (χ3n) is 4.74. The van der Waals surface area contributed by atoms with Gasteiger partial charge in [0.15, 0.2) is 0 Å². The second kappa shape index (κ2) is 7.55. The summed E-state index contributed by atoms with van der Waals surface area (Å²) in [6, 6.07) is 7.99. The highest BCUT2D eigenvalue weighted by molar-refractivity contribution is 7.16. The molecule has 136 valence electrons. The van der Waals surface area contributed by atoms with Crippen LogP contribution in [0, 0.1) is 12.8 Å². The monoisotopic (exact) mass is 369 g/mol. The van der Waals surface area contributed by atoms with Gasteiger partial charge in [-0.3, -0.25) is 4.79 Å². The molecular formula is C19H23N5OS. The van der Waals surface area contributed by atoms with Gasteiger partial charge in [0.2, 0.25) is 4.96 Å². The maximum absolute atomic E-state index is 12.4. The van der Waals surface area contributed by atoms with Crippen molar-refractivity contribution < 1.29 is 4.79 Å². The van der Waals surface area contributed by atoms with Crippen LogP contribution >= 0.6 is 11.3 Å². The molecule has 26 heavy (non-hydrogen) atoms. The number of hydrogen-bond acceptors (Lipinski definition) is 5. The number of hydrogen-bond donors (Lipinski definition) is 2. The lowest BCUT2D eigenvalue weighted by atomic mass is 9.97. The minimum Gasteiger partial charge on any atom is -0.352 e. The number of rotatable bonds is 6. The molecule has 0 radical (unpaired) electrons. The van der Waals surface area contributed by atoms with Gasteiger partial charge in [-0.1, -0.05) is 23.5 Å². The topological polar surface area (TPSA) is 71.3 Å². The van der Waals surface area contributed by atoms with Gasteiger partial charge in [0.25, 0.3) is 5.91 Å². The van der Waals surface area contributed by atoms with Crippen LogP contribution in [-0.2, 0) is 12.8 Å². The Morgan fingerprint density at radius 3 is 3.19 bits per heavy atom. The molecule has 0 aliphatic carbocycles. The summed E-state index contributed by atoms with van der Waals surface area (Å²) in [5.74, 6) is 0.659. The van der Waals surface area contributed by atoms with Crippen molar-refractivity contribution in [2.75, 3.05) is 19.6 Å². The van der Waals surface area contributed by atoms with Crippen LogP contribution in [0.15, 0.2) is 30.5 Å². The molecule has 1 atom stereocenters. The van der Waals surface area contributed by atoms with Crippen LogP contribution in [0.2, 0.25) is 0 Å². The van der Waals surface area contributed by atoms with Gasteiger partial charge in [0, 0.05) is 18.5 Å². The summed E-state index contributed by atoms with van der Waals surface area (Å²) in [4.78, 5) is 17.9. The number of aromatic nitrogens is 3. The summed E-state index contributed by atoms with van der Waals surface area (Å²) in [5, 5.41) is 11.7. The number of carbonyl (C=O) groups is 1. The molecule has 0 saturated carbocycles. The number of benzene rings is 1. The average molecular weight is 369 g/mol. The summed E-state index contributed by atoms with van der Waals surface area (Å²) < 4.78 is 1.80. The van der Waals surface area contributed by atoms with Crippen molar-refractivity contribution in [1.29, 1.82) is 0 Å². The molecule has 0 bridgehead atoms. The highest BCUT2D eigenvalue weighted by Gasteiger charge is 2.15. The number of nitrogens with one attached hydrogen (secondary N) is 2. The first-order valence-corrected chi connectivity index (χ1v) is 9.88. The highest BCUT2D eigenvalue weighted by atomic mass is 32.1. The number of imidazole rings is 1. The first kappa shape index (κ1) is 17.2. The molecule has 1 aromatic carbocycles. The molecule has 4 rings (SSSR count). The van der Waals surface area contributed by atoms with E-state index in [1.165, 1.54) is 12.0 Å². The number of carbonyl (C=O) groups excluding carboxylic acids is 1. The van der Waals surface area contributed by atoms with Crippen LogP contribution in [0.4, 0.5) is 0 Å². The lowest BCUT2D eigenvalue weighted by Crippen LogP contribution is -2.25. The Morgan fingerprint density at radius 1 is 1.46 bits per heavy atom. The molecule has 1 fully saturated rings. The van der Waals surface area contributed by atoms with E-state index in [4.69, 9.17) is 0 Å². The van der Waals surface area contributed by atoms with Crippen LogP contribution in [0.25, 0.3) is 4.96 Å². The molecule has 0 spiro atoms. The first-order valence-electron chi connectivity index (χ1n) is 9.07.